The first kappa shape index (κ1) is 16.5. The van der Waals surface area contributed by atoms with Crippen molar-refractivity contribution in [3.63, 3.8) is 0 Å². The largest absolute Gasteiger partial charge is 0.318 e. The molecule has 0 spiro atoms. The molecule has 0 saturated heterocycles. The van der Waals surface area contributed by atoms with E-state index in [1.165, 1.54) is 0 Å². The molecule has 1 heterocycles. The van der Waals surface area contributed by atoms with Crippen LogP contribution in [0.25, 0.3) is 0 Å². The monoisotopic (exact) mass is 361 g/mol. The van der Waals surface area contributed by atoms with Gasteiger partial charge in [0.15, 0.2) is 4.84 Å². The number of benzene rings is 2. The van der Waals surface area contributed by atoms with Gasteiger partial charge in [-0.25, -0.2) is 4.99 Å². The smallest absolute Gasteiger partial charge is 0.277 e. The Balaban J connectivity index is 1.95. The van der Waals surface area contributed by atoms with Crippen LogP contribution in [0, 0.1) is 0 Å². The average Bonchev–Trinajstić information content (AvgIpc) is 2.94. The third-order valence-electron chi connectivity index (χ3n) is 3.57. The van der Waals surface area contributed by atoms with Gasteiger partial charge in [-0.15, -0.1) is 0 Å². The van der Waals surface area contributed by atoms with E-state index in [4.69, 9.17) is 23.2 Å². The Morgan fingerprint density at radius 1 is 1.04 bits per heavy atom. The van der Waals surface area contributed by atoms with Crippen LogP contribution < -0.4 is 10.6 Å². The number of alkyl halides is 2. The molecule has 3 rings (SSSR count). The SMILES string of the molecule is O=C(NC1(C(Cl)Cl)N=C(c2ccccc2)NC1=O)c1ccccc1. The zero-order valence-corrected chi connectivity index (χ0v) is 13.9. The number of amidine groups is 1. The van der Waals surface area contributed by atoms with Crippen molar-refractivity contribution in [3.05, 3.63) is 71.8 Å². The first-order valence-corrected chi connectivity index (χ1v) is 8.02. The molecule has 5 nitrogen and oxygen atoms in total. The molecule has 0 fully saturated rings. The fourth-order valence-corrected chi connectivity index (χ4v) is 2.72. The molecule has 0 aromatic heterocycles. The van der Waals surface area contributed by atoms with E-state index in [0.717, 1.165) is 0 Å². The Hall–Kier alpha value is -2.37. The molecule has 0 aliphatic carbocycles. The van der Waals surface area contributed by atoms with Crippen molar-refractivity contribution < 1.29 is 9.59 Å². The number of carbonyl (C=O) groups is 2. The number of aliphatic imine (C=N–C) groups is 1. The molecule has 2 aromatic rings. The van der Waals surface area contributed by atoms with Gasteiger partial charge in [0.1, 0.15) is 5.84 Å². The second kappa shape index (κ2) is 6.63. The number of carbonyl (C=O) groups excluding carboxylic acids is 2. The number of rotatable bonds is 4. The van der Waals surface area contributed by atoms with Crippen molar-refractivity contribution in [2.45, 2.75) is 10.5 Å². The van der Waals surface area contributed by atoms with E-state index < -0.39 is 22.3 Å². The lowest BCUT2D eigenvalue weighted by atomic mass is 10.1. The third kappa shape index (κ3) is 3.00. The van der Waals surface area contributed by atoms with Crippen LogP contribution in [0.2, 0.25) is 0 Å². The number of halogens is 2. The van der Waals surface area contributed by atoms with Gasteiger partial charge in [-0.2, -0.15) is 0 Å². The van der Waals surface area contributed by atoms with Crippen LogP contribution in [0.4, 0.5) is 0 Å². The van der Waals surface area contributed by atoms with Gasteiger partial charge in [0.25, 0.3) is 11.8 Å². The highest BCUT2D eigenvalue weighted by molar-refractivity contribution is 6.47. The predicted octanol–water partition coefficient (Wildman–Crippen LogP) is 2.49. The molecule has 24 heavy (non-hydrogen) atoms. The van der Waals surface area contributed by atoms with E-state index in [-0.39, 0.29) is 0 Å². The van der Waals surface area contributed by atoms with Crippen LogP contribution in [-0.2, 0) is 4.79 Å². The summed E-state index contributed by atoms with van der Waals surface area (Å²) in [6.07, 6.45) is 0. The molecule has 1 aliphatic heterocycles. The highest BCUT2D eigenvalue weighted by atomic mass is 35.5. The second-order valence-electron chi connectivity index (χ2n) is 5.17. The number of nitrogens with zero attached hydrogens (tertiary/aromatic N) is 1. The van der Waals surface area contributed by atoms with Gasteiger partial charge in [-0.05, 0) is 12.1 Å². The van der Waals surface area contributed by atoms with Crippen molar-refractivity contribution in [3.8, 4) is 0 Å². The van der Waals surface area contributed by atoms with Crippen LogP contribution in [0.1, 0.15) is 15.9 Å². The Labute approximate surface area is 148 Å². The number of hydrogen-bond acceptors (Lipinski definition) is 3. The highest BCUT2D eigenvalue weighted by Gasteiger charge is 2.50. The van der Waals surface area contributed by atoms with Crippen LogP contribution in [-0.4, -0.2) is 28.1 Å². The summed E-state index contributed by atoms with van der Waals surface area (Å²) in [5.41, 5.74) is -0.709. The van der Waals surface area contributed by atoms with Crippen LogP contribution in [0.15, 0.2) is 65.7 Å². The zero-order chi connectivity index (χ0) is 17.2. The molecule has 2 aromatic carbocycles. The maximum atomic E-state index is 12.5. The molecular weight excluding hydrogens is 349 g/mol. The number of nitrogens with one attached hydrogen (secondary N) is 2. The number of hydrogen-bond donors (Lipinski definition) is 2. The second-order valence-corrected chi connectivity index (χ2v) is 6.26. The third-order valence-corrected chi connectivity index (χ3v) is 4.20. The Kier molecular flexibility index (Phi) is 4.55. The maximum Gasteiger partial charge on any atom is 0.277 e. The van der Waals surface area contributed by atoms with E-state index in [2.05, 4.69) is 15.6 Å². The van der Waals surface area contributed by atoms with E-state index in [9.17, 15) is 9.59 Å². The standard InChI is InChI=1S/C17H13Cl2N3O2/c18-15(19)17(22-14(23)12-9-5-2-6-10-12)16(24)20-13(21-17)11-7-3-1-4-8-11/h1-10,15H,(H,22,23)(H,20,21,24). The van der Waals surface area contributed by atoms with Gasteiger partial charge < -0.3 is 10.6 Å². The minimum atomic E-state index is -1.78. The van der Waals surface area contributed by atoms with Gasteiger partial charge >= 0.3 is 0 Å². The minimum absolute atomic E-state index is 0.306. The predicted molar refractivity (Wildman–Crippen MR) is 93.3 cm³/mol. The van der Waals surface area contributed by atoms with Gasteiger partial charge in [0, 0.05) is 11.1 Å². The fourth-order valence-electron chi connectivity index (χ4n) is 2.31. The summed E-state index contributed by atoms with van der Waals surface area (Å²) in [5, 5.41) is 5.18. The molecule has 1 aliphatic rings. The topological polar surface area (TPSA) is 70.6 Å². The van der Waals surface area contributed by atoms with E-state index in [0.29, 0.717) is 17.0 Å². The number of amides is 2. The lowest BCUT2D eigenvalue weighted by molar-refractivity contribution is -0.124. The van der Waals surface area contributed by atoms with Crippen LogP contribution >= 0.6 is 23.2 Å². The quantitative estimate of drug-likeness (QED) is 0.821. The van der Waals surface area contributed by atoms with Crippen LogP contribution in [0.3, 0.4) is 0 Å². The summed E-state index contributed by atoms with van der Waals surface area (Å²) in [4.78, 5) is 27.9. The van der Waals surface area contributed by atoms with E-state index in [1.54, 1.807) is 42.5 Å². The lowest BCUT2D eigenvalue weighted by Crippen LogP contribution is -2.58. The molecule has 0 radical (unpaired) electrons. The lowest BCUT2D eigenvalue weighted by Gasteiger charge is -2.25. The minimum Gasteiger partial charge on any atom is -0.318 e. The molecule has 0 bridgehead atoms. The summed E-state index contributed by atoms with van der Waals surface area (Å²) in [7, 11) is 0. The maximum absolute atomic E-state index is 12.5. The molecule has 1 atom stereocenters. The Morgan fingerprint density at radius 3 is 2.21 bits per heavy atom. The average molecular weight is 362 g/mol. The van der Waals surface area contributed by atoms with Gasteiger partial charge in [0.2, 0.25) is 5.66 Å². The summed E-state index contributed by atoms with van der Waals surface area (Å²) in [6, 6.07) is 17.5. The van der Waals surface area contributed by atoms with Crippen LogP contribution in [0.5, 0.6) is 0 Å². The van der Waals surface area contributed by atoms with E-state index >= 15 is 0 Å². The molecular formula is C17H13Cl2N3O2. The van der Waals surface area contributed by atoms with Crippen molar-refractivity contribution in [2.24, 2.45) is 4.99 Å². The molecule has 2 amide bonds. The first-order chi connectivity index (χ1) is 11.5. The highest BCUT2D eigenvalue weighted by Crippen LogP contribution is 2.27. The Morgan fingerprint density at radius 2 is 1.62 bits per heavy atom. The van der Waals surface area contributed by atoms with E-state index in [1.807, 2.05) is 18.2 Å². The van der Waals surface area contributed by atoms with Gasteiger partial charge in [-0.3, -0.25) is 9.59 Å². The molecule has 7 heteroatoms. The summed E-state index contributed by atoms with van der Waals surface area (Å²) in [5.74, 6) is -0.768. The summed E-state index contributed by atoms with van der Waals surface area (Å²) in [6.45, 7) is 0. The molecule has 0 saturated carbocycles. The summed E-state index contributed by atoms with van der Waals surface area (Å²) >= 11 is 12.0. The van der Waals surface area contributed by atoms with Crippen molar-refractivity contribution in [2.75, 3.05) is 0 Å². The molecule has 1 unspecified atom stereocenters. The van der Waals surface area contributed by atoms with Crippen molar-refractivity contribution in [1.29, 1.82) is 0 Å². The fraction of sp³-hybridized carbons (Fsp3) is 0.118. The van der Waals surface area contributed by atoms with Gasteiger partial charge in [-0.1, -0.05) is 71.7 Å². The summed E-state index contributed by atoms with van der Waals surface area (Å²) < 4.78 is 0. The molecule has 2 N–H and O–H groups in total. The zero-order valence-electron chi connectivity index (χ0n) is 12.4. The van der Waals surface area contributed by atoms with Crippen molar-refractivity contribution >= 4 is 40.9 Å². The van der Waals surface area contributed by atoms with Gasteiger partial charge in [0.05, 0.1) is 0 Å². The normalized spacial score (nSPS) is 19.8. The Bertz CT molecular complexity index is 794. The first-order valence-electron chi connectivity index (χ1n) is 7.15. The van der Waals surface area contributed by atoms with Crippen molar-refractivity contribution in [1.82, 2.24) is 10.6 Å². The molecule has 122 valence electrons.